The summed E-state index contributed by atoms with van der Waals surface area (Å²) in [5, 5.41) is 3.00. The number of pyridine rings is 1. The van der Waals surface area contributed by atoms with Gasteiger partial charge in [0.2, 0.25) is 5.88 Å². The van der Waals surface area contributed by atoms with Crippen LogP contribution in [-0.2, 0) is 10.2 Å². The lowest BCUT2D eigenvalue weighted by atomic mass is 9.84. The third-order valence-corrected chi connectivity index (χ3v) is 4.27. The van der Waals surface area contributed by atoms with Crippen LogP contribution in [0, 0.1) is 6.92 Å². The molecule has 1 amide bonds. The molecule has 0 aliphatic heterocycles. The van der Waals surface area contributed by atoms with Gasteiger partial charge in [0, 0.05) is 44.4 Å². The van der Waals surface area contributed by atoms with E-state index in [2.05, 4.69) is 55.3 Å². The van der Waals surface area contributed by atoms with Crippen molar-refractivity contribution in [3.63, 3.8) is 0 Å². The summed E-state index contributed by atoms with van der Waals surface area (Å²) in [7, 11) is 1.66. The largest absolute Gasteiger partial charge is 0.478 e. The number of aromatic nitrogens is 1. The van der Waals surface area contributed by atoms with Gasteiger partial charge in [-0.3, -0.25) is 4.79 Å². The Morgan fingerprint density at radius 1 is 1.12 bits per heavy atom. The molecule has 0 fully saturated rings. The zero-order valence-corrected chi connectivity index (χ0v) is 16.0. The van der Waals surface area contributed by atoms with Crippen LogP contribution in [0.2, 0.25) is 0 Å². The molecule has 1 heterocycles. The highest BCUT2D eigenvalue weighted by atomic mass is 16.5. The number of ether oxygens (including phenoxy) is 2. The Balaban J connectivity index is 1.87. The van der Waals surface area contributed by atoms with Crippen LogP contribution in [0.5, 0.6) is 5.88 Å². The van der Waals surface area contributed by atoms with Gasteiger partial charge >= 0.3 is 0 Å². The van der Waals surface area contributed by atoms with Crippen LogP contribution >= 0.6 is 0 Å². The minimum absolute atomic E-state index is 0.136. The van der Waals surface area contributed by atoms with Crippen molar-refractivity contribution in [3.05, 3.63) is 59.3 Å². The van der Waals surface area contributed by atoms with Gasteiger partial charge in [-0.25, -0.2) is 4.98 Å². The first kappa shape index (κ1) is 19.9. The minimum Gasteiger partial charge on any atom is -0.478 e. The van der Waals surface area contributed by atoms with Crippen LogP contribution in [0.3, 0.4) is 0 Å². The van der Waals surface area contributed by atoms with Crippen molar-refractivity contribution in [1.82, 2.24) is 10.3 Å². The highest BCUT2D eigenvalue weighted by molar-refractivity contribution is 5.93. The Morgan fingerprint density at radius 2 is 1.85 bits per heavy atom. The van der Waals surface area contributed by atoms with E-state index >= 15 is 0 Å². The van der Waals surface area contributed by atoms with Crippen molar-refractivity contribution < 1.29 is 14.3 Å². The number of nitrogens with zero attached hydrogens (tertiary/aromatic N) is 1. The number of hydrogen-bond donors (Lipinski definition) is 1. The molecule has 0 spiro atoms. The zero-order valence-electron chi connectivity index (χ0n) is 16.0. The van der Waals surface area contributed by atoms with Gasteiger partial charge in [0.1, 0.15) is 0 Å². The van der Waals surface area contributed by atoms with Crippen molar-refractivity contribution >= 4 is 5.91 Å². The summed E-state index contributed by atoms with van der Waals surface area (Å²) < 4.78 is 10.5. The molecule has 5 heteroatoms. The molecule has 0 aliphatic carbocycles. The van der Waals surface area contributed by atoms with Crippen molar-refractivity contribution in [2.24, 2.45) is 0 Å². The summed E-state index contributed by atoms with van der Waals surface area (Å²) in [6.07, 6.45) is 2.34. The van der Waals surface area contributed by atoms with Gasteiger partial charge in [-0.15, -0.1) is 0 Å². The van der Waals surface area contributed by atoms with Gasteiger partial charge in [0.05, 0.1) is 12.2 Å². The summed E-state index contributed by atoms with van der Waals surface area (Å²) in [5.41, 5.74) is 2.79. The molecular formula is C21H28N2O3. The fourth-order valence-corrected chi connectivity index (χ4v) is 2.49. The van der Waals surface area contributed by atoms with Crippen LogP contribution in [-0.4, -0.2) is 37.8 Å². The highest BCUT2D eigenvalue weighted by Crippen LogP contribution is 2.22. The van der Waals surface area contributed by atoms with E-state index in [9.17, 15) is 4.79 Å². The van der Waals surface area contributed by atoms with Crippen LogP contribution < -0.4 is 10.1 Å². The Hall–Kier alpha value is -2.40. The van der Waals surface area contributed by atoms with E-state index in [-0.39, 0.29) is 11.3 Å². The molecule has 1 aromatic heterocycles. The number of hydrogen-bond acceptors (Lipinski definition) is 4. The third kappa shape index (κ3) is 5.85. The minimum atomic E-state index is -0.152. The van der Waals surface area contributed by atoms with E-state index in [0.717, 1.165) is 6.42 Å². The molecule has 1 aromatic carbocycles. The first-order valence-electron chi connectivity index (χ1n) is 8.85. The summed E-state index contributed by atoms with van der Waals surface area (Å²) in [4.78, 5) is 16.6. The average Bonchev–Trinajstić information content (AvgIpc) is 2.64. The summed E-state index contributed by atoms with van der Waals surface area (Å²) >= 11 is 0. The predicted molar refractivity (Wildman–Crippen MR) is 103 cm³/mol. The first-order valence-corrected chi connectivity index (χ1v) is 8.85. The molecule has 0 saturated carbocycles. The summed E-state index contributed by atoms with van der Waals surface area (Å²) in [5.74, 6) is 0.376. The number of methoxy groups -OCH3 is 1. The number of benzene rings is 1. The lowest BCUT2D eigenvalue weighted by molar-refractivity contribution is 0.0945. The maximum atomic E-state index is 12.4. The van der Waals surface area contributed by atoms with Gasteiger partial charge < -0.3 is 14.8 Å². The van der Waals surface area contributed by atoms with Crippen LogP contribution in [0.1, 0.15) is 41.8 Å². The standard InChI is InChI=1S/C21H28N2O3/c1-16-6-9-18(10-7-16)21(2,3)15-23-20(24)17-8-11-19(22-14-17)26-13-5-12-25-4/h6-11,14H,5,12-13,15H2,1-4H3,(H,23,24). The molecule has 2 aromatic rings. The maximum absolute atomic E-state index is 12.4. The molecule has 1 N–H and O–H groups in total. The number of amides is 1. The van der Waals surface area contributed by atoms with Crippen molar-refractivity contribution in [2.75, 3.05) is 26.9 Å². The second kappa shape index (κ2) is 9.34. The van der Waals surface area contributed by atoms with Gasteiger partial charge in [0.15, 0.2) is 0 Å². The van der Waals surface area contributed by atoms with E-state index in [1.54, 1.807) is 25.4 Å². The lowest BCUT2D eigenvalue weighted by Gasteiger charge is -2.26. The molecule has 0 atom stereocenters. The Kier molecular flexibility index (Phi) is 7.16. The number of rotatable bonds is 9. The second-order valence-corrected chi connectivity index (χ2v) is 7.01. The maximum Gasteiger partial charge on any atom is 0.252 e. The fraction of sp³-hybridized carbons (Fsp3) is 0.429. The molecule has 0 bridgehead atoms. The van der Waals surface area contributed by atoms with Crippen LogP contribution in [0.25, 0.3) is 0 Å². The van der Waals surface area contributed by atoms with E-state index in [4.69, 9.17) is 9.47 Å². The molecule has 0 unspecified atom stereocenters. The highest BCUT2D eigenvalue weighted by Gasteiger charge is 2.21. The van der Waals surface area contributed by atoms with E-state index < -0.39 is 0 Å². The van der Waals surface area contributed by atoms with E-state index in [0.29, 0.717) is 31.2 Å². The Bertz CT molecular complexity index is 694. The topological polar surface area (TPSA) is 60.5 Å². The molecule has 26 heavy (non-hydrogen) atoms. The molecule has 0 saturated heterocycles. The second-order valence-electron chi connectivity index (χ2n) is 7.01. The van der Waals surface area contributed by atoms with E-state index in [1.807, 2.05) is 0 Å². The number of aryl methyl sites for hydroxylation is 1. The first-order chi connectivity index (χ1) is 12.4. The lowest BCUT2D eigenvalue weighted by Crippen LogP contribution is -2.36. The third-order valence-electron chi connectivity index (χ3n) is 4.27. The molecular weight excluding hydrogens is 328 g/mol. The SMILES string of the molecule is COCCCOc1ccc(C(=O)NCC(C)(C)c2ccc(C)cc2)cn1. The Morgan fingerprint density at radius 3 is 2.46 bits per heavy atom. The van der Waals surface area contributed by atoms with Crippen LogP contribution in [0.15, 0.2) is 42.6 Å². The monoisotopic (exact) mass is 356 g/mol. The van der Waals surface area contributed by atoms with Crippen LogP contribution in [0.4, 0.5) is 0 Å². The van der Waals surface area contributed by atoms with E-state index in [1.165, 1.54) is 11.1 Å². The number of carbonyl (C=O) groups excluding carboxylic acids is 1. The molecule has 0 radical (unpaired) electrons. The normalized spacial score (nSPS) is 11.2. The molecule has 5 nitrogen and oxygen atoms in total. The summed E-state index contributed by atoms with van der Waals surface area (Å²) in [6.45, 7) is 8.04. The van der Waals surface area contributed by atoms with Crippen molar-refractivity contribution in [3.8, 4) is 5.88 Å². The van der Waals surface area contributed by atoms with Gasteiger partial charge in [-0.05, 0) is 18.6 Å². The molecule has 0 aliphatic rings. The van der Waals surface area contributed by atoms with Gasteiger partial charge in [-0.1, -0.05) is 43.7 Å². The van der Waals surface area contributed by atoms with Gasteiger partial charge in [0.25, 0.3) is 5.91 Å². The zero-order chi connectivity index (χ0) is 19.0. The number of nitrogens with one attached hydrogen (secondary N) is 1. The quantitative estimate of drug-likeness (QED) is 0.699. The Labute approximate surface area is 155 Å². The smallest absolute Gasteiger partial charge is 0.252 e. The van der Waals surface area contributed by atoms with Gasteiger partial charge in [-0.2, -0.15) is 0 Å². The van der Waals surface area contributed by atoms with Crippen molar-refractivity contribution in [2.45, 2.75) is 32.6 Å². The molecule has 140 valence electrons. The fourth-order valence-electron chi connectivity index (χ4n) is 2.49. The predicted octanol–water partition coefficient (Wildman–Crippen LogP) is 3.51. The van der Waals surface area contributed by atoms with Crippen molar-refractivity contribution in [1.29, 1.82) is 0 Å². The number of carbonyl (C=O) groups is 1. The summed E-state index contributed by atoms with van der Waals surface area (Å²) in [6, 6.07) is 11.8. The average molecular weight is 356 g/mol. The molecule has 2 rings (SSSR count).